The van der Waals surface area contributed by atoms with Crippen molar-refractivity contribution in [3.8, 4) is 11.4 Å². The van der Waals surface area contributed by atoms with E-state index in [1.54, 1.807) is 24.4 Å². The molecule has 0 aliphatic rings. The number of halogens is 2. The van der Waals surface area contributed by atoms with Crippen LogP contribution in [0.25, 0.3) is 5.69 Å². The normalized spacial score (nSPS) is 10.6. The van der Waals surface area contributed by atoms with Crippen LogP contribution in [0.4, 0.5) is 4.39 Å². The molecule has 7 heteroatoms. The highest BCUT2D eigenvalue weighted by atomic mass is 35.5. The van der Waals surface area contributed by atoms with Crippen molar-refractivity contribution in [3.63, 3.8) is 0 Å². The molecule has 1 N–H and O–H groups in total. The Morgan fingerprint density at radius 1 is 1.22 bits per heavy atom. The van der Waals surface area contributed by atoms with Crippen molar-refractivity contribution in [2.24, 2.45) is 0 Å². The number of amides is 1. The molecule has 0 unspecified atom stereocenters. The Bertz CT molecular complexity index is 925. The molecule has 140 valence electrons. The first-order chi connectivity index (χ1) is 13.1. The molecule has 1 aromatic heterocycles. The molecule has 0 bridgehead atoms. The summed E-state index contributed by atoms with van der Waals surface area (Å²) in [6.45, 7) is 2.70. The highest BCUT2D eigenvalue weighted by Gasteiger charge is 2.19. The van der Waals surface area contributed by atoms with E-state index >= 15 is 0 Å². The zero-order chi connectivity index (χ0) is 19.2. The van der Waals surface area contributed by atoms with Gasteiger partial charge in [0.25, 0.3) is 5.91 Å². The van der Waals surface area contributed by atoms with E-state index in [4.69, 9.17) is 16.3 Å². The standard InChI is InChI=1S/C20H19ClFN3O2/c1-2-11-27-18-13-25(16-9-7-15(22)8-10-16)24-19(18)20(26)23-12-14-5-3-4-6-17(14)21/h3-10,13H,2,11-12H2,1H3,(H,23,26). The van der Waals surface area contributed by atoms with E-state index < -0.39 is 0 Å². The van der Waals surface area contributed by atoms with Gasteiger partial charge in [-0.3, -0.25) is 4.79 Å². The molecule has 3 rings (SSSR count). The van der Waals surface area contributed by atoms with Crippen molar-refractivity contribution in [1.29, 1.82) is 0 Å². The predicted octanol–water partition coefficient (Wildman–Crippen LogP) is 4.38. The molecule has 3 aromatic rings. The summed E-state index contributed by atoms with van der Waals surface area (Å²) in [6.07, 6.45) is 2.41. The van der Waals surface area contributed by atoms with Gasteiger partial charge in [0.15, 0.2) is 11.4 Å². The fourth-order valence-corrected chi connectivity index (χ4v) is 2.66. The first kappa shape index (κ1) is 18.9. The first-order valence-electron chi connectivity index (χ1n) is 8.58. The van der Waals surface area contributed by atoms with Crippen LogP contribution in [0.2, 0.25) is 5.02 Å². The summed E-state index contributed by atoms with van der Waals surface area (Å²) in [4.78, 5) is 12.6. The molecule has 0 spiro atoms. The van der Waals surface area contributed by atoms with Crippen LogP contribution in [0, 0.1) is 5.82 Å². The topological polar surface area (TPSA) is 56.2 Å². The van der Waals surface area contributed by atoms with Gasteiger partial charge in [-0.1, -0.05) is 36.7 Å². The van der Waals surface area contributed by atoms with Crippen LogP contribution in [0.15, 0.2) is 54.7 Å². The highest BCUT2D eigenvalue weighted by molar-refractivity contribution is 6.31. The maximum Gasteiger partial charge on any atom is 0.275 e. The van der Waals surface area contributed by atoms with Crippen LogP contribution in [-0.2, 0) is 6.54 Å². The van der Waals surface area contributed by atoms with Gasteiger partial charge in [-0.15, -0.1) is 0 Å². The van der Waals surface area contributed by atoms with Gasteiger partial charge < -0.3 is 10.1 Å². The van der Waals surface area contributed by atoms with Crippen LogP contribution in [0.1, 0.15) is 29.4 Å². The fraction of sp³-hybridized carbons (Fsp3) is 0.200. The first-order valence-corrected chi connectivity index (χ1v) is 8.96. The Balaban J connectivity index is 1.82. The Labute approximate surface area is 161 Å². The zero-order valence-corrected chi connectivity index (χ0v) is 15.5. The van der Waals surface area contributed by atoms with E-state index in [-0.39, 0.29) is 24.0 Å². The maximum atomic E-state index is 13.1. The van der Waals surface area contributed by atoms with E-state index in [2.05, 4.69) is 10.4 Å². The smallest absolute Gasteiger partial charge is 0.275 e. The van der Waals surface area contributed by atoms with Gasteiger partial charge in [0.1, 0.15) is 5.82 Å². The van der Waals surface area contributed by atoms with Gasteiger partial charge in [0.05, 0.1) is 18.5 Å². The molecular weight excluding hydrogens is 369 g/mol. The van der Waals surface area contributed by atoms with E-state index in [0.29, 0.717) is 23.1 Å². The van der Waals surface area contributed by atoms with E-state index in [0.717, 1.165) is 12.0 Å². The molecule has 0 atom stereocenters. The summed E-state index contributed by atoms with van der Waals surface area (Å²) < 4.78 is 20.3. The van der Waals surface area contributed by atoms with Crippen molar-refractivity contribution >= 4 is 17.5 Å². The second kappa shape index (κ2) is 8.68. The van der Waals surface area contributed by atoms with Crippen molar-refractivity contribution in [2.75, 3.05) is 6.61 Å². The molecule has 5 nitrogen and oxygen atoms in total. The molecule has 0 radical (unpaired) electrons. The number of aromatic nitrogens is 2. The fourth-order valence-electron chi connectivity index (χ4n) is 2.46. The monoisotopic (exact) mass is 387 g/mol. The maximum absolute atomic E-state index is 13.1. The number of rotatable bonds is 7. The van der Waals surface area contributed by atoms with E-state index in [1.807, 2.05) is 25.1 Å². The lowest BCUT2D eigenvalue weighted by molar-refractivity contribution is 0.0941. The number of nitrogens with one attached hydrogen (secondary N) is 1. The van der Waals surface area contributed by atoms with E-state index in [1.165, 1.54) is 16.8 Å². The molecule has 0 aliphatic heterocycles. The number of carbonyl (C=O) groups excluding carboxylic acids is 1. The number of nitrogens with zero attached hydrogens (tertiary/aromatic N) is 2. The molecular formula is C20H19ClFN3O2. The Morgan fingerprint density at radius 2 is 1.96 bits per heavy atom. The van der Waals surface area contributed by atoms with Gasteiger partial charge >= 0.3 is 0 Å². The molecule has 0 saturated carbocycles. The van der Waals surface area contributed by atoms with Gasteiger partial charge in [0.2, 0.25) is 0 Å². The second-order valence-electron chi connectivity index (χ2n) is 5.89. The highest BCUT2D eigenvalue weighted by Crippen LogP contribution is 2.21. The third-order valence-electron chi connectivity index (χ3n) is 3.85. The van der Waals surface area contributed by atoms with Crippen molar-refractivity contribution in [2.45, 2.75) is 19.9 Å². The lowest BCUT2D eigenvalue weighted by Gasteiger charge is -2.07. The lowest BCUT2D eigenvalue weighted by Crippen LogP contribution is -2.24. The minimum absolute atomic E-state index is 0.167. The van der Waals surface area contributed by atoms with Crippen LogP contribution < -0.4 is 10.1 Å². The van der Waals surface area contributed by atoms with Crippen LogP contribution >= 0.6 is 11.6 Å². The number of carbonyl (C=O) groups is 1. The molecule has 0 aliphatic carbocycles. The number of ether oxygens (including phenoxy) is 1. The summed E-state index contributed by atoms with van der Waals surface area (Å²) in [5, 5.41) is 7.71. The van der Waals surface area contributed by atoms with Gasteiger partial charge in [-0.25, -0.2) is 9.07 Å². The minimum Gasteiger partial charge on any atom is -0.489 e. The third-order valence-corrected chi connectivity index (χ3v) is 4.21. The Morgan fingerprint density at radius 3 is 2.67 bits per heavy atom. The van der Waals surface area contributed by atoms with Crippen LogP contribution in [0.5, 0.6) is 5.75 Å². The summed E-state index contributed by atoms with van der Waals surface area (Å²) in [6, 6.07) is 13.1. The average Bonchev–Trinajstić information content (AvgIpc) is 3.10. The quantitative estimate of drug-likeness (QED) is 0.654. The van der Waals surface area contributed by atoms with Crippen LogP contribution in [-0.4, -0.2) is 22.3 Å². The third kappa shape index (κ3) is 4.65. The summed E-state index contributed by atoms with van der Waals surface area (Å²) >= 11 is 6.12. The summed E-state index contributed by atoms with van der Waals surface area (Å²) in [5.74, 6) is -0.342. The molecule has 0 saturated heterocycles. The molecule has 1 amide bonds. The molecule has 27 heavy (non-hydrogen) atoms. The molecule has 0 fully saturated rings. The number of hydrogen-bond donors (Lipinski definition) is 1. The van der Waals surface area contributed by atoms with E-state index in [9.17, 15) is 9.18 Å². The second-order valence-corrected chi connectivity index (χ2v) is 6.29. The van der Waals surface area contributed by atoms with Gasteiger partial charge in [0, 0.05) is 11.6 Å². The summed E-state index contributed by atoms with van der Waals surface area (Å²) in [7, 11) is 0. The Kier molecular flexibility index (Phi) is 6.08. The number of benzene rings is 2. The lowest BCUT2D eigenvalue weighted by atomic mass is 10.2. The van der Waals surface area contributed by atoms with Crippen molar-refractivity contribution < 1.29 is 13.9 Å². The largest absolute Gasteiger partial charge is 0.489 e. The Hall–Kier alpha value is -2.86. The number of hydrogen-bond acceptors (Lipinski definition) is 3. The van der Waals surface area contributed by atoms with Gasteiger partial charge in [-0.2, -0.15) is 5.10 Å². The van der Waals surface area contributed by atoms with Crippen LogP contribution in [0.3, 0.4) is 0 Å². The predicted molar refractivity (Wildman–Crippen MR) is 102 cm³/mol. The van der Waals surface area contributed by atoms with Crippen molar-refractivity contribution in [3.05, 3.63) is 76.8 Å². The molecule has 2 aromatic carbocycles. The zero-order valence-electron chi connectivity index (χ0n) is 14.8. The van der Waals surface area contributed by atoms with Crippen molar-refractivity contribution in [1.82, 2.24) is 15.1 Å². The van der Waals surface area contributed by atoms with Gasteiger partial charge in [-0.05, 0) is 42.3 Å². The minimum atomic E-state index is -0.373. The summed E-state index contributed by atoms with van der Waals surface area (Å²) in [5.41, 5.74) is 1.60. The molecule has 1 heterocycles. The average molecular weight is 388 g/mol. The SMILES string of the molecule is CCCOc1cn(-c2ccc(F)cc2)nc1C(=O)NCc1ccccc1Cl.